The number of amides is 2. The van der Waals surface area contributed by atoms with Crippen LogP contribution >= 0.6 is 0 Å². The second-order valence-electron chi connectivity index (χ2n) is 7.31. The van der Waals surface area contributed by atoms with Gasteiger partial charge in [0.05, 0.1) is 12.7 Å². The fourth-order valence-electron chi connectivity index (χ4n) is 3.18. The highest BCUT2D eigenvalue weighted by Crippen LogP contribution is 2.21. The summed E-state index contributed by atoms with van der Waals surface area (Å²) in [5.41, 5.74) is 2.23. The fourth-order valence-corrected chi connectivity index (χ4v) is 3.18. The van der Waals surface area contributed by atoms with E-state index in [1.807, 2.05) is 30.3 Å². The zero-order chi connectivity index (χ0) is 23.8. The van der Waals surface area contributed by atoms with Gasteiger partial charge in [-0.3, -0.25) is 9.59 Å². The molecule has 0 aliphatic carbocycles. The predicted octanol–water partition coefficient (Wildman–Crippen LogP) is 4.44. The molecule has 0 radical (unpaired) electrons. The molecule has 0 fully saturated rings. The third-order valence-electron chi connectivity index (χ3n) is 4.93. The minimum atomic E-state index is -0.325. The number of anilines is 1. The molecule has 1 heterocycles. The van der Waals surface area contributed by atoms with Crippen molar-refractivity contribution in [2.45, 2.75) is 13.2 Å². The van der Waals surface area contributed by atoms with Gasteiger partial charge in [0.2, 0.25) is 0 Å². The zero-order valence-electron chi connectivity index (χ0n) is 18.5. The molecule has 0 aliphatic rings. The Morgan fingerprint density at radius 2 is 1.65 bits per heavy atom. The molecule has 4 rings (SSSR count). The van der Waals surface area contributed by atoms with Crippen LogP contribution in [0.15, 0.2) is 89.5 Å². The number of nitrogens with one attached hydrogen (secondary N) is 2. The Hall–Kier alpha value is -4.59. The first-order chi connectivity index (χ1) is 16.6. The van der Waals surface area contributed by atoms with Crippen LogP contribution in [0.4, 0.5) is 5.69 Å². The second-order valence-corrected chi connectivity index (χ2v) is 7.31. The molecule has 0 saturated heterocycles. The topological polar surface area (TPSA) is 103 Å². The number of carbonyl (C=O) groups is 2. The molecule has 0 saturated carbocycles. The number of methoxy groups -OCH3 is 1. The lowest BCUT2D eigenvalue weighted by atomic mass is 10.2. The van der Waals surface area contributed by atoms with Gasteiger partial charge in [0, 0.05) is 18.3 Å². The zero-order valence-corrected chi connectivity index (χ0v) is 18.5. The molecule has 2 amide bonds. The summed E-state index contributed by atoms with van der Waals surface area (Å²) in [7, 11) is 1.52. The summed E-state index contributed by atoms with van der Waals surface area (Å²) >= 11 is 0. The van der Waals surface area contributed by atoms with E-state index in [1.165, 1.54) is 7.11 Å². The number of hydrogen-bond acceptors (Lipinski definition) is 6. The monoisotopic (exact) mass is 457 g/mol. The third-order valence-corrected chi connectivity index (χ3v) is 4.93. The summed E-state index contributed by atoms with van der Waals surface area (Å²) in [6.07, 6.45) is 0. The van der Waals surface area contributed by atoms with E-state index in [1.54, 1.807) is 54.6 Å². The summed E-state index contributed by atoms with van der Waals surface area (Å²) in [6, 6.07) is 25.0. The van der Waals surface area contributed by atoms with Crippen LogP contribution in [-0.4, -0.2) is 24.1 Å². The summed E-state index contributed by atoms with van der Waals surface area (Å²) in [6.45, 7) is 0.504. The van der Waals surface area contributed by atoms with Gasteiger partial charge >= 0.3 is 0 Å². The highest BCUT2D eigenvalue weighted by Gasteiger charge is 2.14. The predicted molar refractivity (Wildman–Crippen MR) is 126 cm³/mol. The number of rotatable bonds is 9. The van der Waals surface area contributed by atoms with Crippen molar-refractivity contribution in [3.05, 3.63) is 108 Å². The second kappa shape index (κ2) is 10.8. The molecule has 8 nitrogen and oxygen atoms in total. The average Bonchev–Trinajstić information content (AvgIpc) is 3.36. The molecule has 0 aliphatic heterocycles. The number of nitrogens with zero attached hydrogens (tertiary/aromatic N) is 1. The van der Waals surface area contributed by atoms with E-state index in [2.05, 4.69) is 15.8 Å². The lowest BCUT2D eigenvalue weighted by Crippen LogP contribution is -2.22. The van der Waals surface area contributed by atoms with Crippen LogP contribution in [0.5, 0.6) is 11.5 Å². The van der Waals surface area contributed by atoms with E-state index in [-0.39, 0.29) is 24.1 Å². The van der Waals surface area contributed by atoms with Crippen molar-refractivity contribution in [3.8, 4) is 11.5 Å². The van der Waals surface area contributed by atoms with Crippen molar-refractivity contribution in [3.63, 3.8) is 0 Å². The molecule has 0 unspecified atom stereocenters. The molecule has 34 heavy (non-hydrogen) atoms. The molecule has 172 valence electrons. The van der Waals surface area contributed by atoms with Crippen LogP contribution in [0.1, 0.15) is 32.2 Å². The van der Waals surface area contributed by atoms with Crippen molar-refractivity contribution in [2.75, 3.05) is 12.4 Å². The SMILES string of the molecule is COc1ccccc1C(=O)Nc1ccc(OCc2cc(C(=O)NCc3ccccc3)no2)cc1. The van der Waals surface area contributed by atoms with Gasteiger partial charge < -0.3 is 24.6 Å². The van der Waals surface area contributed by atoms with E-state index < -0.39 is 0 Å². The van der Waals surface area contributed by atoms with Crippen molar-refractivity contribution in [1.29, 1.82) is 0 Å². The average molecular weight is 457 g/mol. The maximum Gasteiger partial charge on any atom is 0.273 e. The maximum absolute atomic E-state index is 12.5. The van der Waals surface area contributed by atoms with Crippen LogP contribution in [0.2, 0.25) is 0 Å². The Balaban J connectivity index is 1.28. The third kappa shape index (κ3) is 5.80. The normalized spacial score (nSPS) is 10.4. The van der Waals surface area contributed by atoms with Gasteiger partial charge in [-0.2, -0.15) is 0 Å². The van der Waals surface area contributed by atoms with Crippen LogP contribution < -0.4 is 20.1 Å². The number of benzene rings is 3. The smallest absolute Gasteiger partial charge is 0.273 e. The molecule has 0 spiro atoms. The van der Waals surface area contributed by atoms with Gasteiger partial charge in [-0.1, -0.05) is 47.6 Å². The molecular formula is C26H23N3O5. The lowest BCUT2D eigenvalue weighted by Gasteiger charge is -2.10. The van der Waals surface area contributed by atoms with Crippen LogP contribution in [0.3, 0.4) is 0 Å². The van der Waals surface area contributed by atoms with Gasteiger partial charge in [-0.25, -0.2) is 0 Å². The van der Waals surface area contributed by atoms with Crippen molar-refractivity contribution >= 4 is 17.5 Å². The molecule has 1 aromatic heterocycles. The summed E-state index contributed by atoms with van der Waals surface area (Å²) in [4.78, 5) is 24.8. The summed E-state index contributed by atoms with van der Waals surface area (Å²) < 4.78 is 16.1. The first-order valence-electron chi connectivity index (χ1n) is 10.6. The first kappa shape index (κ1) is 22.6. The lowest BCUT2D eigenvalue weighted by molar-refractivity contribution is 0.0940. The number of ether oxygens (including phenoxy) is 2. The Kier molecular flexibility index (Phi) is 7.19. The van der Waals surface area contributed by atoms with E-state index in [9.17, 15) is 9.59 Å². The van der Waals surface area contributed by atoms with Crippen molar-refractivity contribution in [1.82, 2.24) is 10.5 Å². The number of hydrogen-bond donors (Lipinski definition) is 2. The minimum absolute atomic E-state index is 0.103. The highest BCUT2D eigenvalue weighted by atomic mass is 16.5. The van der Waals surface area contributed by atoms with Crippen LogP contribution in [0.25, 0.3) is 0 Å². The van der Waals surface area contributed by atoms with Crippen LogP contribution in [-0.2, 0) is 13.2 Å². The first-order valence-corrected chi connectivity index (χ1v) is 10.6. The summed E-state index contributed by atoms with van der Waals surface area (Å²) in [5.74, 6) is 0.889. The Bertz CT molecular complexity index is 1250. The van der Waals surface area contributed by atoms with Gasteiger partial charge in [0.15, 0.2) is 11.5 Å². The van der Waals surface area contributed by atoms with Crippen molar-refractivity contribution in [2.24, 2.45) is 0 Å². The largest absolute Gasteiger partial charge is 0.496 e. The standard InChI is InChI=1S/C26H23N3O5/c1-32-24-10-6-5-9-22(24)25(30)28-19-11-13-20(14-12-19)33-17-21-15-23(29-34-21)26(31)27-16-18-7-3-2-4-8-18/h2-15H,16-17H2,1H3,(H,27,31)(H,28,30). The Morgan fingerprint density at radius 1 is 0.912 bits per heavy atom. The van der Waals surface area contributed by atoms with E-state index in [0.717, 1.165) is 5.56 Å². The molecule has 2 N–H and O–H groups in total. The van der Waals surface area contributed by atoms with E-state index in [0.29, 0.717) is 35.1 Å². The van der Waals surface area contributed by atoms with E-state index in [4.69, 9.17) is 14.0 Å². The van der Waals surface area contributed by atoms with Gasteiger partial charge in [0.25, 0.3) is 11.8 Å². The minimum Gasteiger partial charge on any atom is -0.496 e. The van der Waals surface area contributed by atoms with Crippen LogP contribution in [0, 0.1) is 0 Å². The number of para-hydroxylation sites is 1. The van der Waals surface area contributed by atoms with Gasteiger partial charge in [-0.05, 0) is 42.0 Å². The molecule has 0 bridgehead atoms. The Labute approximate surface area is 196 Å². The molecule has 3 aromatic carbocycles. The van der Waals surface area contributed by atoms with Gasteiger partial charge in [0.1, 0.15) is 18.1 Å². The molecule has 4 aromatic rings. The Morgan fingerprint density at radius 3 is 2.41 bits per heavy atom. The fraction of sp³-hybridized carbons (Fsp3) is 0.115. The molecular weight excluding hydrogens is 434 g/mol. The highest BCUT2D eigenvalue weighted by molar-refractivity contribution is 6.06. The van der Waals surface area contributed by atoms with Crippen molar-refractivity contribution < 1.29 is 23.6 Å². The molecule has 0 atom stereocenters. The quantitative estimate of drug-likeness (QED) is 0.385. The number of carbonyl (C=O) groups excluding carboxylic acids is 2. The van der Waals surface area contributed by atoms with E-state index >= 15 is 0 Å². The van der Waals surface area contributed by atoms with Gasteiger partial charge in [-0.15, -0.1) is 0 Å². The molecule has 8 heteroatoms. The number of aromatic nitrogens is 1. The maximum atomic E-state index is 12.5. The summed E-state index contributed by atoms with van der Waals surface area (Å²) in [5, 5.41) is 9.43.